The van der Waals surface area contributed by atoms with Crippen LogP contribution in [0, 0.1) is 11.3 Å². The van der Waals surface area contributed by atoms with E-state index in [1.807, 2.05) is 24.3 Å². The second-order valence-electron chi connectivity index (χ2n) is 7.99. The van der Waals surface area contributed by atoms with Crippen LogP contribution >= 0.6 is 0 Å². The van der Waals surface area contributed by atoms with Crippen molar-refractivity contribution in [2.75, 3.05) is 13.7 Å². The Balaban J connectivity index is 1.76. The summed E-state index contributed by atoms with van der Waals surface area (Å²) < 4.78 is 5.84. The normalized spacial score (nSPS) is 16.0. The van der Waals surface area contributed by atoms with Gasteiger partial charge < -0.3 is 9.64 Å². The van der Waals surface area contributed by atoms with E-state index in [-0.39, 0.29) is 18.9 Å². The molecule has 166 valence electrons. The first kappa shape index (κ1) is 22.8. The van der Waals surface area contributed by atoms with Gasteiger partial charge in [0.15, 0.2) is 0 Å². The third-order valence-electron chi connectivity index (χ3n) is 5.48. The number of urea groups is 1. The van der Waals surface area contributed by atoms with Crippen molar-refractivity contribution in [3.05, 3.63) is 54.1 Å². The minimum atomic E-state index is -1.16. The summed E-state index contributed by atoms with van der Waals surface area (Å²) >= 11 is 0. The summed E-state index contributed by atoms with van der Waals surface area (Å²) in [4.78, 5) is 39.3. The summed E-state index contributed by atoms with van der Waals surface area (Å²) in [5.41, 5.74) is 2.86. The molecule has 1 atom stereocenters. The molecule has 2 aromatic carbocycles. The largest absolute Gasteiger partial charge is 0.491 e. The van der Waals surface area contributed by atoms with E-state index < -0.39 is 23.5 Å². The number of amides is 4. The zero-order valence-corrected chi connectivity index (χ0v) is 18.0. The molecule has 0 aliphatic carbocycles. The van der Waals surface area contributed by atoms with E-state index in [1.54, 1.807) is 43.6 Å². The molecule has 2 aromatic rings. The van der Waals surface area contributed by atoms with Crippen LogP contribution < -0.4 is 10.2 Å². The molecule has 1 heterocycles. The summed E-state index contributed by atoms with van der Waals surface area (Å²) in [6.45, 7) is 3.15. The Kier molecular flexibility index (Phi) is 6.46. The van der Waals surface area contributed by atoms with Crippen LogP contribution in [0.1, 0.15) is 25.8 Å². The second kappa shape index (κ2) is 9.08. The van der Waals surface area contributed by atoms with Crippen LogP contribution in [0.2, 0.25) is 0 Å². The zero-order valence-electron chi connectivity index (χ0n) is 18.0. The van der Waals surface area contributed by atoms with Crippen LogP contribution in [-0.4, -0.2) is 58.1 Å². The highest BCUT2D eigenvalue weighted by atomic mass is 16.5. The fourth-order valence-corrected chi connectivity index (χ4v) is 3.77. The van der Waals surface area contributed by atoms with Crippen LogP contribution in [0.3, 0.4) is 0 Å². The standard InChI is InChI=1S/C23H24N4O5/c1-23(2)21(29)26(3)22(30)27(23)18(12-20(28)25-31)14-32-19-10-8-17(9-11-19)16-6-4-15(13-24)5-7-16/h4-11,18,31H,12,14H2,1-3H3,(H,25,28). The topological polar surface area (TPSA) is 123 Å². The maximum atomic E-state index is 12.7. The van der Waals surface area contributed by atoms with Gasteiger partial charge in [-0.25, -0.2) is 10.3 Å². The van der Waals surface area contributed by atoms with Gasteiger partial charge >= 0.3 is 6.03 Å². The number of nitriles is 1. The van der Waals surface area contributed by atoms with Crippen LogP contribution in [-0.2, 0) is 9.59 Å². The summed E-state index contributed by atoms with van der Waals surface area (Å²) in [7, 11) is 1.39. The van der Waals surface area contributed by atoms with Gasteiger partial charge in [-0.2, -0.15) is 5.26 Å². The van der Waals surface area contributed by atoms with Gasteiger partial charge in [0.2, 0.25) is 5.91 Å². The maximum Gasteiger partial charge on any atom is 0.327 e. The first-order valence-electron chi connectivity index (χ1n) is 9.97. The Morgan fingerprint density at radius 1 is 1.12 bits per heavy atom. The Hall–Kier alpha value is -3.90. The van der Waals surface area contributed by atoms with E-state index >= 15 is 0 Å². The van der Waals surface area contributed by atoms with Crippen LogP contribution in [0.5, 0.6) is 5.75 Å². The monoisotopic (exact) mass is 436 g/mol. The average molecular weight is 436 g/mol. The molecule has 1 unspecified atom stereocenters. The van der Waals surface area contributed by atoms with E-state index in [4.69, 9.17) is 15.2 Å². The van der Waals surface area contributed by atoms with Gasteiger partial charge in [0.1, 0.15) is 17.9 Å². The molecule has 9 nitrogen and oxygen atoms in total. The Bertz CT molecular complexity index is 1060. The number of imide groups is 1. The fraction of sp³-hybridized carbons (Fsp3) is 0.304. The Morgan fingerprint density at radius 3 is 2.16 bits per heavy atom. The highest BCUT2D eigenvalue weighted by Crippen LogP contribution is 2.30. The van der Waals surface area contributed by atoms with Crippen molar-refractivity contribution >= 4 is 17.8 Å². The maximum absolute atomic E-state index is 12.7. The van der Waals surface area contributed by atoms with E-state index in [0.29, 0.717) is 11.3 Å². The molecule has 2 N–H and O–H groups in total. The van der Waals surface area contributed by atoms with Crippen molar-refractivity contribution in [1.29, 1.82) is 5.26 Å². The number of carbonyl (C=O) groups is 3. The molecule has 0 saturated carbocycles. The van der Waals surface area contributed by atoms with Crippen molar-refractivity contribution in [2.45, 2.75) is 31.8 Å². The number of hydroxylamine groups is 1. The van der Waals surface area contributed by atoms with E-state index in [0.717, 1.165) is 16.0 Å². The van der Waals surface area contributed by atoms with Gasteiger partial charge in [0, 0.05) is 7.05 Å². The van der Waals surface area contributed by atoms with E-state index in [1.165, 1.54) is 11.9 Å². The number of nitrogens with one attached hydrogen (secondary N) is 1. The van der Waals surface area contributed by atoms with Crippen molar-refractivity contribution in [2.24, 2.45) is 0 Å². The summed E-state index contributed by atoms with van der Waals surface area (Å²) in [5.74, 6) is -0.565. The van der Waals surface area contributed by atoms with E-state index in [9.17, 15) is 14.4 Å². The Labute approximate surface area is 185 Å². The molecule has 1 aliphatic heterocycles. The van der Waals surface area contributed by atoms with Gasteiger partial charge in [0.05, 0.1) is 24.1 Å². The number of hydrogen-bond donors (Lipinski definition) is 2. The number of hydrogen-bond acceptors (Lipinski definition) is 6. The molecule has 0 aromatic heterocycles. The lowest BCUT2D eigenvalue weighted by Gasteiger charge is -2.35. The number of likely N-dealkylation sites (N-methyl/N-ethyl adjacent to an activating group) is 1. The van der Waals surface area contributed by atoms with Gasteiger partial charge in [-0.15, -0.1) is 0 Å². The lowest BCUT2D eigenvalue weighted by atomic mass is 10.0. The highest BCUT2D eigenvalue weighted by Gasteiger charge is 2.52. The molecular weight excluding hydrogens is 412 g/mol. The van der Waals surface area contributed by atoms with Gasteiger partial charge in [0.25, 0.3) is 5.91 Å². The molecule has 3 rings (SSSR count). The molecule has 1 saturated heterocycles. The molecule has 1 fully saturated rings. The van der Waals surface area contributed by atoms with Gasteiger partial charge in [-0.3, -0.25) is 19.7 Å². The van der Waals surface area contributed by atoms with Crippen LogP contribution in [0.15, 0.2) is 48.5 Å². The van der Waals surface area contributed by atoms with E-state index in [2.05, 4.69) is 6.07 Å². The van der Waals surface area contributed by atoms with Crippen LogP contribution in [0.25, 0.3) is 11.1 Å². The third-order valence-corrected chi connectivity index (χ3v) is 5.48. The molecule has 1 aliphatic rings. The lowest BCUT2D eigenvalue weighted by Crippen LogP contribution is -2.53. The first-order chi connectivity index (χ1) is 15.2. The molecule has 4 amide bonds. The molecule has 0 spiro atoms. The summed E-state index contributed by atoms with van der Waals surface area (Å²) in [5, 5.41) is 17.9. The third kappa shape index (κ3) is 4.40. The zero-order chi connectivity index (χ0) is 23.5. The van der Waals surface area contributed by atoms with Crippen molar-refractivity contribution in [3.8, 4) is 22.9 Å². The fourth-order valence-electron chi connectivity index (χ4n) is 3.77. The SMILES string of the molecule is CN1C(=O)N(C(COc2ccc(-c3ccc(C#N)cc3)cc2)CC(=O)NO)C(C)(C)C1=O. The molecular formula is C23H24N4O5. The summed E-state index contributed by atoms with van der Waals surface area (Å²) in [6, 6.07) is 15.2. The molecule has 0 radical (unpaired) electrons. The number of benzene rings is 2. The Morgan fingerprint density at radius 2 is 1.69 bits per heavy atom. The van der Waals surface area contributed by atoms with Crippen molar-refractivity contribution < 1.29 is 24.3 Å². The highest BCUT2D eigenvalue weighted by molar-refractivity contribution is 6.06. The number of rotatable bonds is 7. The van der Waals surface area contributed by atoms with Crippen molar-refractivity contribution in [3.63, 3.8) is 0 Å². The first-order valence-corrected chi connectivity index (χ1v) is 9.97. The molecule has 0 bridgehead atoms. The average Bonchev–Trinajstić information content (AvgIpc) is 2.95. The number of nitrogens with zero attached hydrogens (tertiary/aromatic N) is 3. The van der Waals surface area contributed by atoms with Crippen molar-refractivity contribution in [1.82, 2.24) is 15.3 Å². The smallest absolute Gasteiger partial charge is 0.327 e. The van der Waals surface area contributed by atoms with Crippen LogP contribution in [0.4, 0.5) is 4.79 Å². The number of ether oxygens (including phenoxy) is 1. The lowest BCUT2D eigenvalue weighted by molar-refractivity contribution is -0.134. The second-order valence-corrected chi connectivity index (χ2v) is 7.99. The predicted molar refractivity (Wildman–Crippen MR) is 115 cm³/mol. The minimum absolute atomic E-state index is 0.0556. The quantitative estimate of drug-likeness (QED) is 0.391. The van der Waals surface area contributed by atoms with Gasteiger partial charge in [-0.05, 0) is 49.2 Å². The molecule has 32 heavy (non-hydrogen) atoms. The predicted octanol–water partition coefficient (Wildman–Crippen LogP) is 2.54. The summed E-state index contributed by atoms with van der Waals surface area (Å²) in [6.07, 6.45) is -0.240. The number of carbonyl (C=O) groups excluding carboxylic acids is 3. The molecule has 9 heteroatoms. The van der Waals surface area contributed by atoms with Gasteiger partial charge in [-0.1, -0.05) is 24.3 Å². The minimum Gasteiger partial charge on any atom is -0.491 e.